The van der Waals surface area contributed by atoms with Crippen LogP contribution in [-0.2, 0) is 0 Å². The van der Waals surface area contributed by atoms with Crippen LogP contribution in [0.1, 0.15) is 5.69 Å². The number of benzene rings is 1. The van der Waals surface area contributed by atoms with Gasteiger partial charge in [0.2, 0.25) is 5.88 Å². The van der Waals surface area contributed by atoms with Gasteiger partial charge in [-0.25, -0.2) is 4.98 Å². The third-order valence-corrected chi connectivity index (χ3v) is 2.12. The molecule has 2 heteroatoms. The Labute approximate surface area is 77.2 Å². The molecule has 0 atom stereocenters. The molecule has 1 aromatic carbocycles. The molecule has 0 aliphatic carbocycles. The number of rotatable bonds is 1. The van der Waals surface area contributed by atoms with Gasteiger partial charge in [-0.3, -0.25) is 0 Å². The monoisotopic (exact) mass is 173 g/mol. The van der Waals surface area contributed by atoms with Crippen molar-refractivity contribution in [3.8, 4) is 5.88 Å². The van der Waals surface area contributed by atoms with Gasteiger partial charge in [0.1, 0.15) is 0 Å². The molecular formula is C11H11NO. The molecule has 0 amide bonds. The van der Waals surface area contributed by atoms with Gasteiger partial charge in [-0.15, -0.1) is 0 Å². The first kappa shape index (κ1) is 8.05. The van der Waals surface area contributed by atoms with Gasteiger partial charge in [-0.05, 0) is 12.3 Å². The predicted octanol–water partition coefficient (Wildman–Crippen LogP) is 2.55. The molecule has 1 heterocycles. The number of aromatic nitrogens is 1. The molecule has 0 aliphatic rings. The second-order valence-electron chi connectivity index (χ2n) is 2.97. The van der Waals surface area contributed by atoms with Gasteiger partial charge in [0.15, 0.2) is 0 Å². The Kier molecular flexibility index (Phi) is 1.89. The summed E-state index contributed by atoms with van der Waals surface area (Å²) in [6, 6.07) is 10.1. The predicted molar refractivity (Wildman–Crippen MR) is 53.0 cm³/mol. The highest BCUT2D eigenvalue weighted by Gasteiger charge is 2.00. The lowest BCUT2D eigenvalue weighted by Gasteiger charge is -2.04. The number of hydrogen-bond donors (Lipinski definition) is 0. The van der Waals surface area contributed by atoms with Crippen molar-refractivity contribution < 1.29 is 4.74 Å². The Hall–Kier alpha value is -1.57. The molecule has 2 aromatic rings. The molecule has 13 heavy (non-hydrogen) atoms. The van der Waals surface area contributed by atoms with Gasteiger partial charge >= 0.3 is 0 Å². The van der Waals surface area contributed by atoms with E-state index in [0.29, 0.717) is 5.88 Å². The fourth-order valence-corrected chi connectivity index (χ4v) is 1.45. The molecule has 1 aromatic heterocycles. The summed E-state index contributed by atoms with van der Waals surface area (Å²) in [5.74, 6) is 0.677. The number of hydrogen-bond acceptors (Lipinski definition) is 2. The average molecular weight is 173 g/mol. The van der Waals surface area contributed by atoms with E-state index in [9.17, 15) is 0 Å². The zero-order chi connectivity index (χ0) is 9.26. The number of ether oxygens (including phenoxy) is 1. The van der Waals surface area contributed by atoms with Crippen LogP contribution in [-0.4, -0.2) is 12.1 Å². The van der Waals surface area contributed by atoms with Crippen LogP contribution < -0.4 is 4.74 Å². The van der Waals surface area contributed by atoms with E-state index in [-0.39, 0.29) is 0 Å². The topological polar surface area (TPSA) is 22.1 Å². The number of aryl methyl sites for hydroxylation is 1. The third kappa shape index (κ3) is 1.35. The summed E-state index contributed by atoms with van der Waals surface area (Å²) >= 11 is 0. The summed E-state index contributed by atoms with van der Waals surface area (Å²) < 4.78 is 5.09. The highest BCUT2D eigenvalue weighted by Crippen LogP contribution is 2.20. The fraction of sp³-hybridized carbons (Fsp3) is 0.182. The van der Waals surface area contributed by atoms with Gasteiger partial charge in [0.05, 0.1) is 7.11 Å². The molecule has 0 spiro atoms. The molecule has 0 saturated carbocycles. The van der Waals surface area contributed by atoms with E-state index < -0.39 is 0 Å². The fourth-order valence-electron chi connectivity index (χ4n) is 1.45. The van der Waals surface area contributed by atoms with Crippen molar-refractivity contribution in [1.29, 1.82) is 0 Å². The largest absolute Gasteiger partial charge is 0.481 e. The molecule has 2 rings (SSSR count). The lowest BCUT2D eigenvalue weighted by molar-refractivity contribution is 0.398. The number of methoxy groups -OCH3 is 1. The van der Waals surface area contributed by atoms with Crippen molar-refractivity contribution in [2.24, 2.45) is 0 Å². The third-order valence-electron chi connectivity index (χ3n) is 2.12. The molecule has 2 nitrogen and oxygen atoms in total. The van der Waals surface area contributed by atoms with Crippen LogP contribution >= 0.6 is 0 Å². The number of pyridine rings is 1. The van der Waals surface area contributed by atoms with E-state index in [4.69, 9.17) is 4.74 Å². The maximum absolute atomic E-state index is 5.09. The lowest BCUT2D eigenvalue weighted by Crippen LogP contribution is -1.90. The summed E-state index contributed by atoms with van der Waals surface area (Å²) in [4.78, 5) is 4.30. The summed E-state index contributed by atoms with van der Waals surface area (Å²) in [6.45, 7) is 1.99. The zero-order valence-electron chi connectivity index (χ0n) is 7.74. The first-order chi connectivity index (χ1) is 6.31. The number of nitrogens with zero attached hydrogens (tertiary/aromatic N) is 1. The van der Waals surface area contributed by atoms with Crippen molar-refractivity contribution in [1.82, 2.24) is 4.98 Å². The van der Waals surface area contributed by atoms with Crippen molar-refractivity contribution in [3.63, 3.8) is 0 Å². The Morgan fingerprint density at radius 1 is 1.23 bits per heavy atom. The summed E-state index contributed by atoms with van der Waals surface area (Å²) in [5.41, 5.74) is 1.01. The maximum Gasteiger partial charge on any atom is 0.213 e. The second-order valence-corrected chi connectivity index (χ2v) is 2.97. The van der Waals surface area contributed by atoms with Crippen molar-refractivity contribution >= 4 is 10.8 Å². The minimum Gasteiger partial charge on any atom is -0.481 e. The molecule has 0 aliphatic heterocycles. The summed E-state index contributed by atoms with van der Waals surface area (Å²) in [5, 5.41) is 2.36. The maximum atomic E-state index is 5.09. The Bertz CT molecular complexity index is 437. The van der Waals surface area contributed by atoms with Gasteiger partial charge in [0.25, 0.3) is 0 Å². The van der Waals surface area contributed by atoms with E-state index in [2.05, 4.69) is 17.1 Å². The molecule has 66 valence electrons. The van der Waals surface area contributed by atoms with E-state index in [1.807, 2.05) is 25.1 Å². The van der Waals surface area contributed by atoms with Crippen molar-refractivity contribution in [2.45, 2.75) is 6.92 Å². The van der Waals surface area contributed by atoms with Crippen LogP contribution in [0.4, 0.5) is 0 Å². The molecule has 0 saturated heterocycles. The van der Waals surface area contributed by atoms with Crippen LogP contribution in [0.5, 0.6) is 5.88 Å². The molecule has 0 radical (unpaired) electrons. The first-order valence-electron chi connectivity index (χ1n) is 4.21. The van der Waals surface area contributed by atoms with Crippen LogP contribution in [0.15, 0.2) is 30.3 Å². The molecule has 0 N–H and O–H groups in total. The van der Waals surface area contributed by atoms with Crippen molar-refractivity contribution in [2.75, 3.05) is 7.11 Å². The highest BCUT2D eigenvalue weighted by atomic mass is 16.5. The molecule has 0 fully saturated rings. The smallest absolute Gasteiger partial charge is 0.213 e. The normalized spacial score (nSPS) is 10.3. The minimum atomic E-state index is 0.677. The van der Waals surface area contributed by atoms with Crippen LogP contribution in [0.3, 0.4) is 0 Å². The molecule has 0 unspecified atom stereocenters. The van der Waals surface area contributed by atoms with E-state index in [0.717, 1.165) is 5.69 Å². The van der Waals surface area contributed by atoms with E-state index >= 15 is 0 Å². The van der Waals surface area contributed by atoms with Crippen LogP contribution in [0.2, 0.25) is 0 Å². The quantitative estimate of drug-likeness (QED) is 0.661. The van der Waals surface area contributed by atoms with Gasteiger partial charge < -0.3 is 4.74 Å². The van der Waals surface area contributed by atoms with Crippen LogP contribution in [0, 0.1) is 6.92 Å². The Morgan fingerprint density at radius 2 is 2.00 bits per heavy atom. The van der Waals surface area contributed by atoms with Gasteiger partial charge in [-0.2, -0.15) is 0 Å². The van der Waals surface area contributed by atoms with E-state index in [1.54, 1.807) is 7.11 Å². The minimum absolute atomic E-state index is 0.677. The summed E-state index contributed by atoms with van der Waals surface area (Å²) in [7, 11) is 1.64. The first-order valence-corrected chi connectivity index (χ1v) is 4.21. The van der Waals surface area contributed by atoms with Gasteiger partial charge in [-0.1, -0.05) is 24.3 Å². The Morgan fingerprint density at radius 3 is 2.77 bits per heavy atom. The standard InChI is InChI=1S/C11H11NO/c1-8-10-6-4-3-5-9(10)7-11(12-8)13-2/h3-7H,1-2H3. The van der Waals surface area contributed by atoms with E-state index in [1.165, 1.54) is 10.8 Å². The average Bonchev–Trinajstić information content (AvgIpc) is 2.18. The highest BCUT2D eigenvalue weighted by molar-refractivity contribution is 5.85. The van der Waals surface area contributed by atoms with Gasteiger partial charge in [0, 0.05) is 17.1 Å². The SMILES string of the molecule is COc1cc2ccccc2c(C)n1. The van der Waals surface area contributed by atoms with Crippen molar-refractivity contribution in [3.05, 3.63) is 36.0 Å². The second kappa shape index (κ2) is 3.05. The molecular weight excluding hydrogens is 162 g/mol. The van der Waals surface area contributed by atoms with Crippen LogP contribution in [0.25, 0.3) is 10.8 Å². The molecule has 0 bridgehead atoms. The lowest BCUT2D eigenvalue weighted by atomic mass is 10.1. The number of fused-ring (bicyclic) bond motifs is 1. The Balaban J connectivity index is 2.77. The summed E-state index contributed by atoms with van der Waals surface area (Å²) in [6.07, 6.45) is 0. The zero-order valence-corrected chi connectivity index (χ0v) is 7.74.